The van der Waals surface area contributed by atoms with Gasteiger partial charge in [-0.25, -0.2) is 4.98 Å². The Labute approximate surface area is 110 Å². The second kappa shape index (κ2) is 6.03. The van der Waals surface area contributed by atoms with Crippen LogP contribution in [0, 0.1) is 6.92 Å². The van der Waals surface area contributed by atoms with Crippen LogP contribution in [0.4, 0.5) is 11.8 Å². The van der Waals surface area contributed by atoms with Crippen LogP contribution in [0.25, 0.3) is 0 Å². The topological polar surface area (TPSA) is 41.1 Å². The quantitative estimate of drug-likeness (QED) is 0.869. The predicted octanol–water partition coefficient (Wildman–Crippen LogP) is 2.99. The number of hydrogen-bond acceptors (Lipinski definition) is 4. The first-order valence-corrected chi connectivity index (χ1v) is 7.02. The molecular formula is C14H24N4. The molecule has 4 heteroatoms. The summed E-state index contributed by atoms with van der Waals surface area (Å²) in [6.07, 6.45) is 8.28. The van der Waals surface area contributed by atoms with Crippen molar-refractivity contribution in [2.75, 3.05) is 23.8 Å². The molecule has 0 saturated heterocycles. The summed E-state index contributed by atoms with van der Waals surface area (Å²) in [7, 11) is 2.16. The summed E-state index contributed by atoms with van der Waals surface area (Å²) < 4.78 is 0. The zero-order valence-electron chi connectivity index (χ0n) is 11.7. The Morgan fingerprint density at radius 1 is 1.39 bits per heavy atom. The largest absolute Gasteiger partial charge is 0.356 e. The van der Waals surface area contributed by atoms with E-state index in [0.29, 0.717) is 6.04 Å². The molecule has 4 nitrogen and oxygen atoms in total. The van der Waals surface area contributed by atoms with E-state index in [2.05, 4.69) is 41.1 Å². The normalized spacial score (nSPS) is 15.9. The van der Waals surface area contributed by atoms with Crippen LogP contribution in [0.1, 0.15) is 44.6 Å². The highest BCUT2D eigenvalue weighted by Gasteiger charge is 2.22. The molecule has 1 aromatic rings. The number of nitrogens with zero attached hydrogens (tertiary/aromatic N) is 3. The standard InChI is InChI=1S/C14H24N4/c1-4-9-15-14-16-10-11(2)13(17-14)18(3)12-7-5-6-8-12/h10,12H,4-9H2,1-3H3,(H,15,16,17). The first-order valence-electron chi connectivity index (χ1n) is 7.02. The maximum Gasteiger partial charge on any atom is 0.224 e. The minimum absolute atomic E-state index is 0.651. The summed E-state index contributed by atoms with van der Waals surface area (Å²) >= 11 is 0. The van der Waals surface area contributed by atoms with Gasteiger partial charge in [0.1, 0.15) is 5.82 Å². The van der Waals surface area contributed by atoms with Crippen LogP contribution < -0.4 is 10.2 Å². The van der Waals surface area contributed by atoms with Crippen LogP contribution in [0.15, 0.2) is 6.20 Å². The SMILES string of the molecule is CCCNc1ncc(C)c(N(C)C2CCCC2)n1. The third-order valence-electron chi connectivity index (χ3n) is 3.68. The van der Waals surface area contributed by atoms with Crippen molar-refractivity contribution in [3.63, 3.8) is 0 Å². The molecule has 0 amide bonds. The fourth-order valence-corrected chi connectivity index (χ4v) is 2.58. The van der Waals surface area contributed by atoms with Gasteiger partial charge in [-0.3, -0.25) is 0 Å². The summed E-state index contributed by atoms with van der Waals surface area (Å²) in [5.74, 6) is 1.83. The van der Waals surface area contributed by atoms with Crippen molar-refractivity contribution >= 4 is 11.8 Å². The molecule has 18 heavy (non-hydrogen) atoms. The molecule has 2 rings (SSSR count). The van der Waals surface area contributed by atoms with Gasteiger partial charge in [0.15, 0.2) is 0 Å². The van der Waals surface area contributed by atoms with Gasteiger partial charge < -0.3 is 10.2 Å². The van der Waals surface area contributed by atoms with Crippen LogP contribution in [-0.2, 0) is 0 Å². The van der Waals surface area contributed by atoms with Crippen molar-refractivity contribution in [2.45, 2.75) is 52.0 Å². The average molecular weight is 248 g/mol. The molecular weight excluding hydrogens is 224 g/mol. The Morgan fingerprint density at radius 3 is 2.78 bits per heavy atom. The van der Waals surface area contributed by atoms with Crippen molar-refractivity contribution in [3.8, 4) is 0 Å². The third-order valence-corrected chi connectivity index (χ3v) is 3.68. The van der Waals surface area contributed by atoms with Crippen LogP contribution in [0.2, 0.25) is 0 Å². The molecule has 1 fully saturated rings. The minimum atomic E-state index is 0.651. The summed E-state index contributed by atoms with van der Waals surface area (Å²) in [4.78, 5) is 11.3. The Hall–Kier alpha value is -1.32. The average Bonchev–Trinajstić information content (AvgIpc) is 2.91. The van der Waals surface area contributed by atoms with Crippen LogP contribution >= 0.6 is 0 Å². The summed E-state index contributed by atoms with van der Waals surface area (Å²) in [6, 6.07) is 0.651. The van der Waals surface area contributed by atoms with Gasteiger partial charge in [-0.15, -0.1) is 0 Å². The van der Waals surface area contributed by atoms with Crippen molar-refractivity contribution in [3.05, 3.63) is 11.8 Å². The van der Waals surface area contributed by atoms with Gasteiger partial charge in [0.05, 0.1) is 0 Å². The van der Waals surface area contributed by atoms with Crippen molar-refractivity contribution in [1.82, 2.24) is 9.97 Å². The van der Waals surface area contributed by atoms with E-state index in [1.165, 1.54) is 25.7 Å². The minimum Gasteiger partial charge on any atom is -0.356 e. The highest BCUT2D eigenvalue weighted by molar-refractivity contribution is 5.49. The van der Waals surface area contributed by atoms with E-state index in [4.69, 9.17) is 0 Å². The molecule has 1 aliphatic carbocycles. The number of aryl methyl sites for hydroxylation is 1. The molecule has 0 bridgehead atoms. The molecule has 1 heterocycles. The van der Waals surface area contributed by atoms with Crippen LogP contribution in [-0.4, -0.2) is 29.6 Å². The number of anilines is 2. The van der Waals surface area contributed by atoms with Gasteiger partial charge in [-0.1, -0.05) is 19.8 Å². The lowest BCUT2D eigenvalue weighted by Gasteiger charge is -2.27. The number of nitrogens with one attached hydrogen (secondary N) is 1. The zero-order chi connectivity index (χ0) is 13.0. The predicted molar refractivity (Wildman–Crippen MR) is 76.2 cm³/mol. The Morgan fingerprint density at radius 2 is 2.11 bits per heavy atom. The molecule has 1 aliphatic rings. The molecule has 1 aromatic heterocycles. The molecule has 0 unspecified atom stereocenters. The van der Waals surface area contributed by atoms with Crippen molar-refractivity contribution < 1.29 is 0 Å². The number of hydrogen-bond donors (Lipinski definition) is 1. The number of aromatic nitrogens is 2. The van der Waals surface area contributed by atoms with E-state index in [0.717, 1.165) is 30.3 Å². The Balaban J connectivity index is 2.14. The first-order chi connectivity index (χ1) is 8.72. The maximum absolute atomic E-state index is 4.66. The monoisotopic (exact) mass is 248 g/mol. The molecule has 100 valence electrons. The van der Waals surface area contributed by atoms with E-state index in [1.54, 1.807) is 0 Å². The van der Waals surface area contributed by atoms with Gasteiger partial charge in [0.25, 0.3) is 0 Å². The second-order valence-electron chi connectivity index (χ2n) is 5.18. The fourth-order valence-electron chi connectivity index (χ4n) is 2.58. The first kappa shape index (κ1) is 13.1. The van der Waals surface area contributed by atoms with Crippen LogP contribution in [0.5, 0.6) is 0 Å². The second-order valence-corrected chi connectivity index (χ2v) is 5.18. The van der Waals surface area contributed by atoms with Crippen LogP contribution in [0.3, 0.4) is 0 Å². The maximum atomic E-state index is 4.66. The molecule has 0 spiro atoms. The Bertz CT molecular complexity index is 385. The molecule has 0 aliphatic heterocycles. The van der Waals surface area contributed by atoms with E-state index in [1.807, 2.05) is 6.20 Å². The third kappa shape index (κ3) is 2.92. The van der Waals surface area contributed by atoms with Gasteiger partial charge in [-0.05, 0) is 26.2 Å². The van der Waals surface area contributed by atoms with Gasteiger partial charge in [-0.2, -0.15) is 4.98 Å². The van der Waals surface area contributed by atoms with E-state index in [-0.39, 0.29) is 0 Å². The highest BCUT2D eigenvalue weighted by atomic mass is 15.2. The lowest BCUT2D eigenvalue weighted by atomic mass is 10.2. The molecule has 1 N–H and O–H groups in total. The summed E-state index contributed by atoms with van der Waals surface area (Å²) in [5.41, 5.74) is 1.16. The van der Waals surface area contributed by atoms with Gasteiger partial charge in [0, 0.05) is 31.4 Å². The smallest absolute Gasteiger partial charge is 0.224 e. The summed E-state index contributed by atoms with van der Waals surface area (Å²) in [6.45, 7) is 5.16. The van der Waals surface area contributed by atoms with Gasteiger partial charge in [0.2, 0.25) is 5.95 Å². The van der Waals surface area contributed by atoms with E-state index in [9.17, 15) is 0 Å². The van der Waals surface area contributed by atoms with E-state index >= 15 is 0 Å². The molecule has 1 saturated carbocycles. The molecule has 0 radical (unpaired) electrons. The molecule has 0 atom stereocenters. The van der Waals surface area contributed by atoms with E-state index < -0.39 is 0 Å². The Kier molecular flexibility index (Phi) is 4.39. The van der Waals surface area contributed by atoms with Crippen molar-refractivity contribution in [2.24, 2.45) is 0 Å². The zero-order valence-corrected chi connectivity index (χ0v) is 11.7. The number of rotatable bonds is 5. The summed E-state index contributed by atoms with van der Waals surface area (Å²) in [5, 5.41) is 3.26. The highest BCUT2D eigenvalue weighted by Crippen LogP contribution is 2.27. The lowest BCUT2D eigenvalue weighted by Crippen LogP contribution is -2.30. The lowest BCUT2D eigenvalue weighted by molar-refractivity contribution is 0.644. The fraction of sp³-hybridized carbons (Fsp3) is 0.714. The van der Waals surface area contributed by atoms with Gasteiger partial charge >= 0.3 is 0 Å². The van der Waals surface area contributed by atoms with Crippen molar-refractivity contribution in [1.29, 1.82) is 0 Å². The molecule has 0 aromatic carbocycles.